The van der Waals surface area contributed by atoms with Crippen LogP contribution in [0.4, 0.5) is 0 Å². The molecule has 2 saturated carbocycles. The van der Waals surface area contributed by atoms with Gasteiger partial charge in [0.15, 0.2) is 11.5 Å². The van der Waals surface area contributed by atoms with Crippen LogP contribution in [0.5, 0.6) is 11.5 Å². The van der Waals surface area contributed by atoms with Gasteiger partial charge < -0.3 is 25.4 Å². The molecule has 1 saturated heterocycles. The van der Waals surface area contributed by atoms with Crippen molar-refractivity contribution in [2.75, 3.05) is 20.3 Å². The van der Waals surface area contributed by atoms with Gasteiger partial charge in [-0.3, -0.25) is 9.59 Å². The standard InChI is InChI=1S/C30H45NO6/c1-37-30-15-19(6-11-28(30)35)5-10-27(34)25-9-4-20(14-29(25)36)13-21(3-2-12-32)23-16-22-7-8-24(33)17-26(22)31-18-23/h6,11,15,20-23,25-26,29,31-32,35-36H,2-5,7-10,12-14,16-18H2,1H3/t20-,21-,22+,23-,25-,26+,29+/m0/s1. The number of benzene rings is 1. The molecule has 2 aliphatic carbocycles. The van der Waals surface area contributed by atoms with E-state index in [1.165, 1.54) is 7.11 Å². The first-order valence-electron chi connectivity index (χ1n) is 14.3. The minimum atomic E-state index is -0.600. The number of rotatable bonds is 11. The third-order valence-electron chi connectivity index (χ3n) is 9.34. The van der Waals surface area contributed by atoms with Crippen LogP contribution in [0.25, 0.3) is 0 Å². The molecular weight excluding hydrogens is 470 g/mol. The molecule has 0 unspecified atom stereocenters. The number of ketones is 2. The Kier molecular flexibility index (Phi) is 10.0. The van der Waals surface area contributed by atoms with E-state index < -0.39 is 6.10 Å². The smallest absolute Gasteiger partial charge is 0.160 e. The Morgan fingerprint density at radius 1 is 1.22 bits per heavy atom. The summed E-state index contributed by atoms with van der Waals surface area (Å²) in [5.74, 6) is 2.69. The molecule has 37 heavy (non-hydrogen) atoms. The highest BCUT2D eigenvalue weighted by molar-refractivity contribution is 5.82. The number of hydrogen-bond acceptors (Lipinski definition) is 7. The number of aromatic hydroxyl groups is 1. The summed E-state index contributed by atoms with van der Waals surface area (Å²) in [4.78, 5) is 24.8. The zero-order valence-corrected chi connectivity index (χ0v) is 22.2. The highest BCUT2D eigenvalue weighted by Gasteiger charge is 2.39. The average molecular weight is 516 g/mol. The lowest BCUT2D eigenvalue weighted by Crippen LogP contribution is -2.50. The van der Waals surface area contributed by atoms with E-state index >= 15 is 0 Å². The van der Waals surface area contributed by atoms with E-state index in [-0.39, 0.29) is 24.1 Å². The summed E-state index contributed by atoms with van der Waals surface area (Å²) in [6.07, 6.45) is 9.03. The molecule has 7 nitrogen and oxygen atoms in total. The Balaban J connectivity index is 1.28. The number of phenols is 1. The van der Waals surface area contributed by atoms with Crippen LogP contribution in [0.3, 0.4) is 0 Å². The van der Waals surface area contributed by atoms with Gasteiger partial charge >= 0.3 is 0 Å². The number of hydrogen-bond donors (Lipinski definition) is 4. The Morgan fingerprint density at radius 3 is 2.81 bits per heavy atom. The van der Waals surface area contributed by atoms with Crippen LogP contribution in [-0.4, -0.2) is 59.3 Å². The topological polar surface area (TPSA) is 116 Å². The van der Waals surface area contributed by atoms with Gasteiger partial charge in [0, 0.05) is 37.8 Å². The van der Waals surface area contributed by atoms with Crippen molar-refractivity contribution in [3.05, 3.63) is 23.8 Å². The van der Waals surface area contributed by atoms with Crippen LogP contribution in [-0.2, 0) is 16.0 Å². The minimum absolute atomic E-state index is 0.0845. The number of methoxy groups -OCH3 is 1. The maximum Gasteiger partial charge on any atom is 0.160 e. The fourth-order valence-corrected chi connectivity index (χ4v) is 7.20. The van der Waals surface area contributed by atoms with Gasteiger partial charge in [-0.2, -0.15) is 0 Å². The fraction of sp³-hybridized carbons (Fsp3) is 0.733. The quantitative estimate of drug-likeness (QED) is 0.354. The van der Waals surface area contributed by atoms with Gasteiger partial charge in [-0.25, -0.2) is 0 Å². The Morgan fingerprint density at radius 2 is 2.05 bits per heavy atom. The zero-order chi connectivity index (χ0) is 26.4. The summed E-state index contributed by atoms with van der Waals surface area (Å²) in [7, 11) is 1.51. The number of aryl methyl sites for hydroxylation is 1. The van der Waals surface area contributed by atoms with Gasteiger partial charge in [-0.1, -0.05) is 6.07 Å². The second kappa shape index (κ2) is 13.2. The van der Waals surface area contributed by atoms with E-state index in [1.807, 2.05) is 0 Å². The summed E-state index contributed by atoms with van der Waals surface area (Å²) in [6, 6.07) is 5.48. The lowest BCUT2D eigenvalue weighted by Gasteiger charge is -2.43. The van der Waals surface area contributed by atoms with Crippen molar-refractivity contribution in [2.45, 2.75) is 89.2 Å². The summed E-state index contributed by atoms with van der Waals surface area (Å²) < 4.78 is 5.16. The zero-order valence-electron chi connectivity index (χ0n) is 22.2. The first-order valence-corrected chi connectivity index (χ1v) is 14.3. The second-order valence-corrected chi connectivity index (χ2v) is 11.7. The van der Waals surface area contributed by atoms with E-state index in [4.69, 9.17) is 4.74 Å². The lowest BCUT2D eigenvalue weighted by molar-refractivity contribution is -0.128. The summed E-state index contributed by atoms with van der Waals surface area (Å²) in [5.41, 5.74) is 0.934. The Labute approximate surface area is 221 Å². The predicted octanol–water partition coefficient (Wildman–Crippen LogP) is 3.81. The van der Waals surface area contributed by atoms with Gasteiger partial charge in [-0.05, 0) is 106 Å². The number of nitrogens with one attached hydrogen (secondary N) is 1. The molecule has 0 aromatic heterocycles. The molecule has 1 heterocycles. The lowest BCUT2D eigenvalue weighted by atomic mass is 9.67. The molecule has 4 N–H and O–H groups in total. The number of Topliss-reactive ketones (excluding diaryl/α,β-unsaturated/α-hetero) is 2. The van der Waals surface area contributed by atoms with Crippen LogP contribution in [0, 0.1) is 29.6 Å². The van der Waals surface area contributed by atoms with Crippen LogP contribution < -0.4 is 10.1 Å². The summed E-state index contributed by atoms with van der Waals surface area (Å²) >= 11 is 0. The highest BCUT2D eigenvalue weighted by Crippen LogP contribution is 2.41. The Hall–Kier alpha value is -1.96. The molecular formula is C30H45NO6. The second-order valence-electron chi connectivity index (χ2n) is 11.7. The molecule has 3 fully saturated rings. The van der Waals surface area contributed by atoms with E-state index in [0.29, 0.717) is 73.4 Å². The van der Waals surface area contributed by atoms with E-state index in [1.54, 1.807) is 18.2 Å². The number of aliphatic hydroxyl groups is 2. The normalized spacial score (nSPS) is 30.9. The summed E-state index contributed by atoms with van der Waals surface area (Å²) in [6.45, 7) is 1.14. The average Bonchev–Trinajstić information content (AvgIpc) is 2.90. The molecule has 0 bridgehead atoms. The van der Waals surface area contributed by atoms with Gasteiger partial charge in [-0.15, -0.1) is 0 Å². The van der Waals surface area contributed by atoms with Crippen molar-refractivity contribution >= 4 is 11.6 Å². The summed E-state index contributed by atoms with van der Waals surface area (Å²) in [5, 5.41) is 33.9. The van der Waals surface area contributed by atoms with Crippen LogP contribution >= 0.6 is 0 Å². The SMILES string of the molecule is COc1cc(CCC(=O)[C@@H]2CC[C@@H](C[C@H](CCCO)[C@@H]3CN[C@@H]4CC(=O)CC[C@@H]4C3)C[C@H]2O)ccc1O. The van der Waals surface area contributed by atoms with E-state index in [2.05, 4.69) is 5.32 Å². The first-order chi connectivity index (χ1) is 17.9. The number of piperidine rings is 1. The van der Waals surface area contributed by atoms with Gasteiger partial charge in [0.05, 0.1) is 13.2 Å². The van der Waals surface area contributed by atoms with Crippen LogP contribution in [0.15, 0.2) is 18.2 Å². The number of fused-ring (bicyclic) bond motifs is 1. The number of phenolic OH excluding ortho intramolecular Hbond substituents is 1. The molecule has 4 rings (SSSR count). The number of carbonyl (C=O) groups is 2. The molecule has 7 atom stereocenters. The number of ether oxygens (including phenoxy) is 1. The molecule has 206 valence electrons. The molecule has 0 radical (unpaired) electrons. The number of carbonyl (C=O) groups excluding carboxylic acids is 2. The van der Waals surface area contributed by atoms with Crippen molar-refractivity contribution in [1.82, 2.24) is 5.32 Å². The first kappa shape index (κ1) is 28.1. The van der Waals surface area contributed by atoms with Crippen LogP contribution in [0.1, 0.15) is 76.2 Å². The molecule has 1 aromatic carbocycles. The van der Waals surface area contributed by atoms with Crippen molar-refractivity contribution in [3.8, 4) is 11.5 Å². The fourth-order valence-electron chi connectivity index (χ4n) is 7.20. The predicted molar refractivity (Wildman–Crippen MR) is 141 cm³/mol. The number of aliphatic hydroxyl groups excluding tert-OH is 2. The van der Waals surface area contributed by atoms with Crippen molar-refractivity contribution in [1.29, 1.82) is 0 Å². The van der Waals surface area contributed by atoms with E-state index in [0.717, 1.165) is 57.1 Å². The van der Waals surface area contributed by atoms with Gasteiger partial charge in [0.1, 0.15) is 11.6 Å². The molecule has 0 spiro atoms. The van der Waals surface area contributed by atoms with Gasteiger partial charge in [0.25, 0.3) is 0 Å². The highest BCUT2D eigenvalue weighted by atomic mass is 16.5. The largest absolute Gasteiger partial charge is 0.504 e. The maximum absolute atomic E-state index is 13.0. The third kappa shape index (κ3) is 7.33. The Bertz CT molecular complexity index is 919. The third-order valence-corrected chi connectivity index (χ3v) is 9.34. The molecule has 1 aliphatic heterocycles. The van der Waals surface area contributed by atoms with Crippen molar-refractivity contribution < 1.29 is 29.6 Å². The molecule has 1 aromatic rings. The maximum atomic E-state index is 13.0. The van der Waals surface area contributed by atoms with Crippen molar-refractivity contribution in [2.24, 2.45) is 29.6 Å². The molecule has 3 aliphatic rings. The van der Waals surface area contributed by atoms with E-state index in [9.17, 15) is 24.9 Å². The molecule has 7 heteroatoms. The monoisotopic (exact) mass is 515 g/mol. The van der Waals surface area contributed by atoms with Gasteiger partial charge in [0.2, 0.25) is 0 Å². The van der Waals surface area contributed by atoms with Crippen LogP contribution in [0.2, 0.25) is 0 Å². The van der Waals surface area contributed by atoms with Crippen molar-refractivity contribution in [3.63, 3.8) is 0 Å². The molecule has 0 amide bonds. The minimum Gasteiger partial charge on any atom is -0.504 e.